The predicted molar refractivity (Wildman–Crippen MR) is 63.8 cm³/mol. The van der Waals surface area contributed by atoms with Crippen molar-refractivity contribution in [3.05, 3.63) is 41.7 Å². The lowest BCUT2D eigenvalue weighted by atomic mass is 10.1. The van der Waals surface area contributed by atoms with Gasteiger partial charge in [-0.25, -0.2) is 23.5 Å². The van der Waals surface area contributed by atoms with Crippen LogP contribution in [0.25, 0.3) is 11.4 Å². The van der Waals surface area contributed by atoms with Crippen molar-refractivity contribution in [2.24, 2.45) is 0 Å². The first-order chi connectivity index (χ1) is 8.99. The van der Waals surface area contributed by atoms with Gasteiger partial charge in [-0.3, -0.25) is 0 Å². The highest BCUT2D eigenvalue weighted by Crippen LogP contribution is 2.23. The minimum atomic E-state index is -2.70. The van der Waals surface area contributed by atoms with Crippen LogP contribution >= 0.6 is 0 Å². The van der Waals surface area contributed by atoms with Gasteiger partial charge in [-0.2, -0.15) is 0 Å². The molecular formula is C12H9F2N3O2. The van der Waals surface area contributed by atoms with E-state index in [0.29, 0.717) is 5.56 Å². The van der Waals surface area contributed by atoms with Gasteiger partial charge >= 0.3 is 5.97 Å². The lowest BCUT2D eigenvalue weighted by Crippen LogP contribution is -2.03. The number of aromatic nitrogens is 2. The number of rotatable bonds is 3. The number of hydrogen-bond donors (Lipinski definition) is 2. The number of nitrogens with two attached hydrogens (primary N) is 1. The summed E-state index contributed by atoms with van der Waals surface area (Å²) in [4.78, 5) is 18.4. The molecule has 1 aromatic heterocycles. The van der Waals surface area contributed by atoms with Crippen molar-refractivity contribution >= 4 is 11.7 Å². The molecule has 0 aliphatic heterocycles. The lowest BCUT2D eigenvalue weighted by Gasteiger charge is -2.05. The Balaban J connectivity index is 2.45. The van der Waals surface area contributed by atoms with Crippen LogP contribution in [0.4, 0.5) is 14.5 Å². The number of halogens is 2. The Morgan fingerprint density at radius 2 is 2.05 bits per heavy atom. The fourth-order valence-electron chi connectivity index (χ4n) is 1.53. The summed E-state index contributed by atoms with van der Waals surface area (Å²) in [6, 6.07) is 5.16. The highest BCUT2D eigenvalue weighted by atomic mass is 19.3. The molecule has 0 saturated heterocycles. The quantitative estimate of drug-likeness (QED) is 0.831. The molecular weight excluding hydrogens is 256 g/mol. The van der Waals surface area contributed by atoms with Crippen molar-refractivity contribution < 1.29 is 18.7 Å². The lowest BCUT2D eigenvalue weighted by molar-refractivity contribution is 0.0698. The molecule has 0 unspecified atom stereocenters. The van der Waals surface area contributed by atoms with Crippen LogP contribution in [0, 0.1) is 0 Å². The molecule has 1 aromatic carbocycles. The Morgan fingerprint density at radius 3 is 2.63 bits per heavy atom. The molecule has 5 nitrogen and oxygen atoms in total. The molecule has 19 heavy (non-hydrogen) atoms. The summed E-state index contributed by atoms with van der Waals surface area (Å²) >= 11 is 0. The minimum absolute atomic E-state index is 0.0241. The number of aromatic carboxylic acids is 1. The van der Waals surface area contributed by atoms with Gasteiger partial charge in [0.15, 0.2) is 5.82 Å². The van der Waals surface area contributed by atoms with Crippen LogP contribution in [0.1, 0.15) is 22.5 Å². The van der Waals surface area contributed by atoms with Gasteiger partial charge < -0.3 is 10.8 Å². The van der Waals surface area contributed by atoms with Crippen molar-refractivity contribution in [3.8, 4) is 11.4 Å². The number of nitrogen functional groups attached to an aromatic ring is 1. The monoisotopic (exact) mass is 265 g/mol. The maximum Gasteiger partial charge on any atom is 0.337 e. The van der Waals surface area contributed by atoms with Gasteiger partial charge in [0.1, 0.15) is 5.69 Å². The van der Waals surface area contributed by atoms with Crippen LogP contribution in [-0.2, 0) is 0 Å². The van der Waals surface area contributed by atoms with E-state index in [0.717, 1.165) is 6.07 Å². The number of nitrogens with zero attached hydrogens (tertiary/aromatic N) is 2. The maximum atomic E-state index is 12.5. The Kier molecular flexibility index (Phi) is 3.37. The van der Waals surface area contributed by atoms with E-state index in [1.807, 2.05) is 0 Å². The summed E-state index contributed by atoms with van der Waals surface area (Å²) in [7, 11) is 0. The molecule has 0 amide bonds. The van der Waals surface area contributed by atoms with Crippen molar-refractivity contribution in [3.63, 3.8) is 0 Å². The van der Waals surface area contributed by atoms with Crippen molar-refractivity contribution in [1.82, 2.24) is 9.97 Å². The zero-order valence-electron chi connectivity index (χ0n) is 9.55. The van der Waals surface area contributed by atoms with Gasteiger partial charge in [-0.05, 0) is 18.2 Å². The highest BCUT2D eigenvalue weighted by Gasteiger charge is 2.13. The van der Waals surface area contributed by atoms with Gasteiger partial charge in [0.25, 0.3) is 6.43 Å². The van der Waals surface area contributed by atoms with E-state index in [2.05, 4.69) is 9.97 Å². The van der Waals surface area contributed by atoms with Gasteiger partial charge in [0.05, 0.1) is 5.56 Å². The number of carboxylic acid groups (broad SMARTS) is 1. The SMILES string of the molecule is Nc1cc(-c2nccc(C(F)F)n2)ccc1C(=O)O. The second-order valence-corrected chi connectivity index (χ2v) is 3.71. The van der Waals surface area contributed by atoms with Gasteiger partial charge in [-0.1, -0.05) is 6.07 Å². The minimum Gasteiger partial charge on any atom is -0.478 e. The number of hydrogen-bond acceptors (Lipinski definition) is 4. The Hall–Kier alpha value is -2.57. The molecule has 2 aromatic rings. The van der Waals surface area contributed by atoms with E-state index < -0.39 is 18.1 Å². The molecule has 3 N–H and O–H groups in total. The number of alkyl halides is 2. The second-order valence-electron chi connectivity index (χ2n) is 3.71. The second kappa shape index (κ2) is 4.97. The normalized spacial score (nSPS) is 10.7. The molecule has 98 valence electrons. The van der Waals surface area contributed by atoms with Crippen LogP contribution in [0.15, 0.2) is 30.5 Å². The van der Waals surface area contributed by atoms with Crippen molar-refractivity contribution in [2.75, 3.05) is 5.73 Å². The summed E-state index contributed by atoms with van der Waals surface area (Å²) in [5.41, 5.74) is 5.52. The first-order valence-corrected chi connectivity index (χ1v) is 5.23. The van der Waals surface area contributed by atoms with Crippen LogP contribution in [0.3, 0.4) is 0 Å². The fraction of sp³-hybridized carbons (Fsp3) is 0.0833. The van der Waals surface area contributed by atoms with Gasteiger partial charge in [0.2, 0.25) is 0 Å². The summed E-state index contributed by atoms with van der Waals surface area (Å²) in [5.74, 6) is -1.09. The third-order valence-corrected chi connectivity index (χ3v) is 2.44. The molecule has 0 bridgehead atoms. The van der Waals surface area contributed by atoms with E-state index in [4.69, 9.17) is 10.8 Å². The zero-order valence-corrected chi connectivity index (χ0v) is 9.55. The summed E-state index contributed by atoms with van der Waals surface area (Å²) in [6.07, 6.45) is -1.48. The maximum absolute atomic E-state index is 12.5. The molecule has 0 aliphatic carbocycles. The predicted octanol–water partition coefficient (Wildman–Crippen LogP) is 2.36. The third kappa shape index (κ3) is 2.65. The van der Waals surface area contributed by atoms with E-state index in [9.17, 15) is 13.6 Å². The molecule has 7 heteroatoms. The molecule has 0 saturated carbocycles. The van der Waals surface area contributed by atoms with Gasteiger partial charge in [0, 0.05) is 17.4 Å². The van der Waals surface area contributed by atoms with Crippen LogP contribution in [-0.4, -0.2) is 21.0 Å². The summed E-state index contributed by atoms with van der Waals surface area (Å²) < 4.78 is 25.0. The van der Waals surface area contributed by atoms with E-state index in [-0.39, 0.29) is 17.1 Å². The summed E-state index contributed by atoms with van der Waals surface area (Å²) in [5, 5.41) is 8.83. The van der Waals surface area contributed by atoms with Crippen LogP contribution < -0.4 is 5.73 Å². The highest BCUT2D eigenvalue weighted by molar-refractivity contribution is 5.94. The van der Waals surface area contributed by atoms with Gasteiger partial charge in [-0.15, -0.1) is 0 Å². The molecule has 0 aliphatic rings. The Labute approximate surface area is 106 Å². The molecule has 0 atom stereocenters. The molecule has 0 radical (unpaired) electrons. The van der Waals surface area contributed by atoms with E-state index in [1.54, 1.807) is 0 Å². The zero-order chi connectivity index (χ0) is 14.0. The third-order valence-electron chi connectivity index (χ3n) is 2.44. The number of anilines is 1. The Morgan fingerprint density at radius 1 is 1.32 bits per heavy atom. The first kappa shape index (κ1) is 12.9. The average Bonchev–Trinajstić information content (AvgIpc) is 2.38. The molecule has 0 fully saturated rings. The molecule has 1 heterocycles. The van der Waals surface area contributed by atoms with E-state index in [1.165, 1.54) is 24.4 Å². The largest absolute Gasteiger partial charge is 0.478 e. The average molecular weight is 265 g/mol. The standard InChI is InChI=1S/C12H9F2N3O2/c13-10(14)9-3-4-16-11(17-9)6-1-2-7(12(18)19)8(15)5-6/h1-5,10H,15H2,(H,18,19). The van der Waals surface area contributed by atoms with Crippen LogP contribution in [0.2, 0.25) is 0 Å². The number of carboxylic acids is 1. The smallest absolute Gasteiger partial charge is 0.337 e. The topological polar surface area (TPSA) is 89.1 Å². The van der Waals surface area contributed by atoms with Crippen LogP contribution in [0.5, 0.6) is 0 Å². The summed E-state index contributed by atoms with van der Waals surface area (Å²) in [6.45, 7) is 0. The first-order valence-electron chi connectivity index (χ1n) is 5.23. The molecule has 2 rings (SSSR count). The number of benzene rings is 1. The fourth-order valence-corrected chi connectivity index (χ4v) is 1.53. The number of carbonyl (C=O) groups is 1. The Bertz CT molecular complexity index is 632. The molecule has 0 spiro atoms. The van der Waals surface area contributed by atoms with Crippen molar-refractivity contribution in [1.29, 1.82) is 0 Å². The van der Waals surface area contributed by atoms with Crippen molar-refractivity contribution in [2.45, 2.75) is 6.43 Å². The van der Waals surface area contributed by atoms with E-state index >= 15 is 0 Å².